The highest BCUT2D eigenvalue weighted by Crippen LogP contribution is 2.45. The summed E-state index contributed by atoms with van der Waals surface area (Å²) in [5.74, 6) is 2.20. The fourth-order valence-electron chi connectivity index (χ4n) is 5.62. The maximum absolute atomic E-state index is 5.70. The largest absolute Gasteiger partial charge is 0.493 e. The van der Waals surface area contributed by atoms with Crippen molar-refractivity contribution in [2.75, 3.05) is 25.8 Å². The van der Waals surface area contributed by atoms with E-state index in [0.717, 1.165) is 58.1 Å². The monoisotopic (exact) mass is 531 g/mol. The average Bonchev–Trinajstić information content (AvgIpc) is 3.61. The Balaban J connectivity index is 1.41. The number of aryl methyl sites for hydroxylation is 2. The van der Waals surface area contributed by atoms with Crippen LogP contribution in [0.2, 0.25) is 0 Å². The van der Waals surface area contributed by atoms with Crippen LogP contribution in [0.25, 0.3) is 16.6 Å². The Kier molecular flexibility index (Phi) is 5.66. The quantitative estimate of drug-likeness (QED) is 0.309. The van der Waals surface area contributed by atoms with E-state index in [4.69, 9.17) is 24.8 Å². The van der Waals surface area contributed by atoms with E-state index in [0.29, 0.717) is 11.4 Å². The van der Waals surface area contributed by atoms with Crippen molar-refractivity contribution in [3.8, 4) is 17.2 Å². The highest BCUT2D eigenvalue weighted by molar-refractivity contribution is 6.09. The van der Waals surface area contributed by atoms with Crippen molar-refractivity contribution in [1.29, 1.82) is 0 Å². The third-order valence-electron chi connectivity index (χ3n) is 7.69. The van der Waals surface area contributed by atoms with E-state index in [-0.39, 0.29) is 6.17 Å². The first-order chi connectivity index (χ1) is 19.6. The molecule has 0 amide bonds. The molecule has 9 heteroatoms. The third-order valence-corrected chi connectivity index (χ3v) is 7.69. The molecular formula is C31H29N7O2. The first-order valence-electron chi connectivity index (χ1n) is 13.3. The van der Waals surface area contributed by atoms with Crippen molar-refractivity contribution < 1.29 is 9.47 Å². The molecule has 0 bridgehead atoms. The first-order valence-corrected chi connectivity index (χ1v) is 13.3. The van der Waals surface area contributed by atoms with Gasteiger partial charge >= 0.3 is 0 Å². The fraction of sp³-hybridized carbons (Fsp3) is 0.226. The molecule has 5 aromatic rings. The smallest absolute Gasteiger partial charge is 0.179 e. The second-order valence-electron chi connectivity index (χ2n) is 10.1. The van der Waals surface area contributed by atoms with Crippen LogP contribution in [0.5, 0.6) is 11.5 Å². The minimum atomic E-state index is -0.177. The molecule has 0 fully saturated rings. The molecular weight excluding hydrogens is 502 g/mol. The van der Waals surface area contributed by atoms with Crippen molar-refractivity contribution in [3.63, 3.8) is 0 Å². The molecule has 0 N–H and O–H groups in total. The molecule has 40 heavy (non-hydrogen) atoms. The van der Waals surface area contributed by atoms with Crippen LogP contribution in [0.15, 0.2) is 78.0 Å². The van der Waals surface area contributed by atoms with Crippen molar-refractivity contribution in [2.45, 2.75) is 26.4 Å². The van der Waals surface area contributed by atoms with Gasteiger partial charge in [-0.1, -0.05) is 35.9 Å². The number of hydrazone groups is 1. The summed E-state index contributed by atoms with van der Waals surface area (Å²) in [5.41, 5.74) is 7.80. The topological polar surface area (TPSA) is 80.9 Å². The summed E-state index contributed by atoms with van der Waals surface area (Å²) in [7, 11) is 3.34. The van der Waals surface area contributed by atoms with Crippen LogP contribution in [0, 0.1) is 13.8 Å². The van der Waals surface area contributed by atoms with Gasteiger partial charge in [0.05, 0.1) is 36.7 Å². The summed E-state index contributed by atoms with van der Waals surface area (Å²) in [6, 6.07) is 22.7. The number of ether oxygens (including phenoxy) is 2. The molecule has 2 aromatic heterocycles. The summed E-state index contributed by atoms with van der Waals surface area (Å²) in [4.78, 5) is 2.31. The van der Waals surface area contributed by atoms with E-state index < -0.39 is 0 Å². The number of nitrogens with zero attached hydrogens (tertiary/aromatic N) is 7. The van der Waals surface area contributed by atoms with Crippen LogP contribution in [0.3, 0.4) is 0 Å². The van der Waals surface area contributed by atoms with Gasteiger partial charge in [-0.15, -0.1) is 10.2 Å². The van der Waals surface area contributed by atoms with E-state index in [2.05, 4.69) is 58.3 Å². The van der Waals surface area contributed by atoms with Crippen LogP contribution >= 0.6 is 0 Å². The Morgan fingerprint density at radius 3 is 2.35 bits per heavy atom. The van der Waals surface area contributed by atoms with Gasteiger partial charge in [-0.25, -0.2) is 9.69 Å². The number of rotatable bonds is 5. The van der Waals surface area contributed by atoms with E-state index in [1.807, 2.05) is 48.1 Å². The van der Waals surface area contributed by atoms with Crippen LogP contribution in [0.1, 0.15) is 34.2 Å². The average molecular weight is 532 g/mol. The Labute approximate surface area is 232 Å². The number of benzene rings is 3. The molecule has 1 atom stereocenters. The lowest BCUT2D eigenvalue weighted by Crippen LogP contribution is -2.41. The van der Waals surface area contributed by atoms with Gasteiger partial charge in [0.25, 0.3) is 0 Å². The number of amidine groups is 1. The second-order valence-corrected chi connectivity index (χ2v) is 10.1. The maximum Gasteiger partial charge on any atom is 0.179 e. The SMILES string of the molecule is COc1cc2c(cc1OC)C1N(CC2)C(c2nnc(C)c3nn(-c4ccccc4)cc23)=NN1c1ccc(C)cc1. The van der Waals surface area contributed by atoms with Crippen LogP contribution in [-0.2, 0) is 6.42 Å². The molecule has 0 radical (unpaired) electrons. The minimum Gasteiger partial charge on any atom is -0.493 e. The van der Waals surface area contributed by atoms with Gasteiger partial charge in [0, 0.05) is 18.3 Å². The van der Waals surface area contributed by atoms with E-state index in [1.165, 1.54) is 11.1 Å². The number of aromatic nitrogens is 4. The second kappa shape index (κ2) is 9.37. The van der Waals surface area contributed by atoms with Crippen molar-refractivity contribution in [2.24, 2.45) is 5.10 Å². The van der Waals surface area contributed by atoms with Crippen LogP contribution in [0.4, 0.5) is 5.69 Å². The Bertz CT molecular complexity index is 1760. The standard InChI is InChI=1S/C31H29N7O2/c1-19-10-12-23(13-11-19)38-31-24-17-27(40-4)26(39-3)16-21(24)14-15-36(31)30(35-38)29-25-18-37(22-8-6-5-7-9-22)34-28(25)20(2)32-33-29/h5-13,16-18,31H,14-15H2,1-4H3. The molecule has 9 nitrogen and oxygen atoms in total. The van der Waals surface area contributed by atoms with Gasteiger partial charge in [0.2, 0.25) is 0 Å². The minimum absolute atomic E-state index is 0.177. The van der Waals surface area contributed by atoms with Crippen molar-refractivity contribution in [1.82, 2.24) is 24.9 Å². The lowest BCUT2D eigenvalue weighted by atomic mass is 9.95. The number of fused-ring (bicyclic) bond motifs is 4. The third kappa shape index (κ3) is 3.77. The van der Waals surface area contributed by atoms with Gasteiger partial charge in [0.1, 0.15) is 11.2 Å². The Hall–Kier alpha value is -4.92. The molecule has 0 saturated heterocycles. The number of hydrogen-bond donors (Lipinski definition) is 0. The highest BCUT2D eigenvalue weighted by atomic mass is 16.5. The van der Waals surface area contributed by atoms with Gasteiger partial charge in [-0.3, -0.25) is 0 Å². The zero-order valence-electron chi connectivity index (χ0n) is 22.9. The molecule has 0 aliphatic carbocycles. The summed E-state index contributed by atoms with van der Waals surface area (Å²) in [6.07, 6.45) is 2.68. The molecule has 4 heterocycles. The molecule has 200 valence electrons. The van der Waals surface area contributed by atoms with Gasteiger partial charge in [-0.2, -0.15) is 10.2 Å². The molecule has 7 rings (SSSR count). The van der Waals surface area contributed by atoms with E-state index in [9.17, 15) is 0 Å². The molecule has 1 unspecified atom stereocenters. The molecule has 0 saturated carbocycles. The first kappa shape index (κ1) is 24.1. The molecule has 2 aliphatic heterocycles. The summed E-state index contributed by atoms with van der Waals surface area (Å²) < 4.78 is 13.2. The van der Waals surface area contributed by atoms with Crippen molar-refractivity contribution >= 4 is 22.4 Å². The maximum atomic E-state index is 5.70. The lowest BCUT2D eigenvalue weighted by Gasteiger charge is -2.37. The molecule has 0 spiro atoms. The zero-order valence-corrected chi connectivity index (χ0v) is 22.9. The summed E-state index contributed by atoms with van der Waals surface area (Å²) in [6.45, 7) is 4.79. The summed E-state index contributed by atoms with van der Waals surface area (Å²) in [5, 5.41) is 22.3. The number of hydrogen-bond acceptors (Lipinski definition) is 8. The zero-order chi connectivity index (χ0) is 27.4. The normalized spacial score (nSPS) is 16.1. The predicted octanol–water partition coefficient (Wildman–Crippen LogP) is 5.19. The fourth-order valence-corrected chi connectivity index (χ4v) is 5.62. The van der Waals surface area contributed by atoms with Gasteiger partial charge < -0.3 is 14.4 Å². The number of methoxy groups -OCH3 is 2. The van der Waals surface area contributed by atoms with Crippen LogP contribution < -0.4 is 14.5 Å². The molecule has 3 aromatic carbocycles. The highest BCUT2D eigenvalue weighted by Gasteiger charge is 2.42. The summed E-state index contributed by atoms with van der Waals surface area (Å²) >= 11 is 0. The van der Waals surface area contributed by atoms with Crippen molar-refractivity contribution in [3.05, 3.63) is 101 Å². The molecule has 2 aliphatic rings. The van der Waals surface area contributed by atoms with Gasteiger partial charge in [-0.05, 0) is 62.2 Å². The van der Waals surface area contributed by atoms with E-state index in [1.54, 1.807) is 14.2 Å². The van der Waals surface area contributed by atoms with E-state index >= 15 is 0 Å². The van der Waals surface area contributed by atoms with Gasteiger partial charge in [0.15, 0.2) is 23.5 Å². The number of anilines is 1. The predicted molar refractivity (Wildman–Crippen MR) is 154 cm³/mol. The number of para-hydroxylation sites is 1. The van der Waals surface area contributed by atoms with Crippen LogP contribution in [-0.4, -0.2) is 51.5 Å². The Morgan fingerprint density at radius 1 is 0.850 bits per heavy atom. The lowest BCUT2D eigenvalue weighted by molar-refractivity contribution is 0.311. The Morgan fingerprint density at radius 2 is 1.60 bits per heavy atom.